The second-order valence-electron chi connectivity index (χ2n) is 6.59. The number of carbonyl (C=O) groups is 1. The number of methoxy groups -OCH3 is 1. The average Bonchev–Trinajstić information content (AvgIpc) is 3.02. The maximum absolute atomic E-state index is 12.4. The molecule has 0 aliphatic rings. The number of hydrogen-bond donors (Lipinski definition) is 0. The summed E-state index contributed by atoms with van der Waals surface area (Å²) >= 11 is 7.60. The molecule has 0 bridgehead atoms. The molecule has 154 valence electrons. The minimum Gasteiger partial charge on any atom is -0.497 e. The number of aromatic nitrogens is 1. The molecule has 0 saturated carbocycles. The third-order valence-corrected chi connectivity index (χ3v) is 7.95. The molecule has 0 N–H and O–H groups in total. The Kier molecular flexibility index (Phi) is 6.45. The van der Waals surface area contributed by atoms with E-state index in [4.69, 9.17) is 16.3 Å². The zero-order valence-electron chi connectivity index (χ0n) is 16.3. The van der Waals surface area contributed by atoms with Gasteiger partial charge in [0.25, 0.3) is 0 Å². The summed E-state index contributed by atoms with van der Waals surface area (Å²) in [5, 5.41) is 0.616. The summed E-state index contributed by atoms with van der Waals surface area (Å²) < 4.78 is 32.6. The lowest BCUT2D eigenvalue weighted by molar-refractivity contribution is -0.118. The molecule has 0 aliphatic heterocycles. The highest BCUT2D eigenvalue weighted by Gasteiger charge is 2.15. The van der Waals surface area contributed by atoms with Crippen LogP contribution in [0, 0.1) is 6.92 Å². The zero-order chi connectivity index (χ0) is 21.2. The molecule has 0 unspecified atom stereocenters. The van der Waals surface area contributed by atoms with E-state index in [0.717, 1.165) is 15.8 Å². The first-order valence-electron chi connectivity index (χ1n) is 8.92. The quantitative estimate of drug-likeness (QED) is 0.568. The van der Waals surface area contributed by atoms with Crippen molar-refractivity contribution in [3.05, 3.63) is 51.8 Å². The van der Waals surface area contributed by atoms with Crippen LogP contribution in [0.5, 0.6) is 5.75 Å². The van der Waals surface area contributed by atoms with E-state index >= 15 is 0 Å². The molecule has 1 amide bonds. The summed E-state index contributed by atoms with van der Waals surface area (Å²) in [6, 6.07) is 9.95. The largest absolute Gasteiger partial charge is 0.497 e. The molecule has 0 spiro atoms. The highest BCUT2D eigenvalue weighted by molar-refractivity contribution is 7.91. The molecule has 0 fully saturated rings. The molecular weight excluding hydrogens is 432 g/mol. The molecule has 1 heterocycles. The van der Waals surface area contributed by atoms with Crippen molar-refractivity contribution in [3.8, 4) is 5.75 Å². The molecule has 1 aromatic heterocycles. The van der Waals surface area contributed by atoms with Crippen LogP contribution in [0.3, 0.4) is 0 Å². The smallest absolute Gasteiger partial charge is 0.248 e. The number of benzene rings is 2. The van der Waals surface area contributed by atoms with Gasteiger partial charge in [-0.25, -0.2) is 8.42 Å². The Bertz CT molecular complexity index is 1230. The molecule has 0 saturated heterocycles. The molecule has 9 heteroatoms. The monoisotopic (exact) mass is 452 g/mol. The molecular formula is C20H21ClN2O4S2. The van der Waals surface area contributed by atoms with E-state index in [2.05, 4.69) is 4.99 Å². The van der Waals surface area contributed by atoms with E-state index in [0.29, 0.717) is 15.6 Å². The minimum atomic E-state index is -3.46. The van der Waals surface area contributed by atoms with Crippen molar-refractivity contribution < 1.29 is 17.9 Å². The summed E-state index contributed by atoms with van der Waals surface area (Å²) in [6.07, 6.45) is 0.251. The summed E-state index contributed by atoms with van der Waals surface area (Å²) in [5.74, 6) is 0.111. The van der Waals surface area contributed by atoms with Gasteiger partial charge in [-0.1, -0.05) is 29.0 Å². The van der Waals surface area contributed by atoms with E-state index in [-0.39, 0.29) is 29.4 Å². The van der Waals surface area contributed by atoms with Crippen LogP contribution in [0.1, 0.15) is 18.4 Å². The van der Waals surface area contributed by atoms with E-state index in [9.17, 15) is 13.2 Å². The standard InChI is InChI=1S/C20H21ClN2O4S2/c1-13-6-11-16(21)19-18(13)23(2)20(28-19)22-17(24)5-4-12-29(25,26)15-9-7-14(27-3)8-10-15/h6-11H,4-5,12H2,1-3H3. The van der Waals surface area contributed by atoms with Gasteiger partial charge < -0.3 is 9.30 Å². The predicted molar refractivity (Wildman–Crippen MR) is 115 cm³/mol. The second kappa shape index (κ2) is 8.69. The first-order valence-corrected chi connectivity index (χ1v) is 11.8. The Morgan fingerprint density at radius 1 is 1.21 bits per heavy atom. The summed E-state index contributed by atoms with van der Waals surface area (Å²) in [4.78, 5) is 17.2. The number of hydrogen-bond acceptors (Lipinski definition) is 5. The Balaban J connectivity index is 1.71. The molecule has 0 atom stereocenters. The van der Waals surface area contributed by atoms with Crippen molar-refractivity contribution >= 4 is 48.9 Å². The van der Waals surface area contributed by atoms with Crippen molar-refractivity contribution in [2.75, 3.05) is 12.9 Å². The van der Waals surface area contributed by atoms with Gasteiger partial charge >= 0.3 is 0 Å². The van der Waals surface area contributed by atoms with Gasteiger partial charge in [0.2, 0.25) is 5.91 Å². The van der Waals surface area contributed by atoms with Gasteiger partial charge in [-0.15, -0.1) is 0 Å². The number of aryl methyl sites for hydroxylation is 2. The Morgan fingerprint density at radius 2 is 1.90 bits per heavy atom. The highest BCUT2D eigenvalue weighted by Crippen LogP contribution is 2.28. The predicted octanol–water partition coefficient (Wildman–Crippen LogP) is 3.89. The van der Waals surface area contributed by atoms with Crippen LogP contribution in [0.2, 0.25) is 5.02 Å². The van der Waals surface area contributed by atoms with Gasteiger partial charge in [-0.05, 0) is 49.2 Å². The van der Waals surface area contributed by atoms with Gasteiger partial charge in [0.15, 0.2) is 14.6 Å². The lowest BCUT2D eigenvalue weighted by Crippen LogP contribution is -2.14. The second-order valence-corrected chi connectivity index (χ2v) is 10.1. The molecule has 0 radical (unpaired) electrons. The summed E-state index contributed by atoms with van der Waals surface area (Å²) in [7, 11) is -0.109. The topological polar surface area (TPSA) is 77.7 Å². The van der Waals surface area contributed by atoms with Gasteiger partial charge in [-0.3, -0.25) is 4.79 Å². The maximum Gasteiger partial charge on any atom is 0.248 e. The van der Waals surface area contributed by atoms with Crippen LogP contribution in [-0.2, 0) is 21.7 Å². The van der Waals surface area contributed by atoms with Gasteiger partial charge in [-0.2, -0.15) is 4.99 Å². The van der Waals surface area contributed by atoms with Gasteiger partial charge in [0.1, 0.15) is 5.75 Å². The van der Waals surface area contributed by atoms with E-state index in [1.807, 2.05) is 30.7 Å². The van der Waals surface area contributed by atoms with E-state index in [1.54, 1.807) is 12.1 Å². The van der Waals surface area contributed by atoms with Crippen molar-refractivity contribution in [3.63, 3.8) is 0 Å². The van der Waals surface area contributed by atoms with Crippen LogP contribution in [-0.4, -0.2) is 31.8 Å². The number of carbonyl (C=O) groups excluding carboxylic acids is 1. The van der Waals surface area contributed by atoms with E-state index < -0.39 is 9.84 Å². The number of ether oxygens (including phenoxy) is 1. The fourth-order valence-corrected chi connectivity index (χ4v) is 5.69. The Morgan fingerprint density at radius 3 is 2.52 bits per heavy atom. The minimum absolute atomic E-state index is 0.0519. The third-order valence-electron chi connectivity index (χ3n) is 4.54. The van der Waals surface area contributed by atoms with E-state index in [1.165, 1.54) is 30.6 Å². The van der Waals surface area contributed by atoms with Crippen molar-refractivity contribution in [1.82, 2.24) is 4.57 Å². The molecule has 3 aromatic rings. The lowest BCUT2D eigenvalue weighted by Gasteiger charge is -2.05. The summed E-state index contributed by atoms with van der Waals surface area (Å²) in [5.41, 5.74) is 1.98. The normalized spacial score (nSPS) is 12.5. The number of sulfone groups is 1. The van der Waals surface area contributed by atoms with Crippen LogP contribution in [0.25, 0.3) is 10.2 Å². The number of fused-ring (bicyclic) bond motifs is 1. The number of rotatable bonds is 6. The third kappa shape index (κ3) is 4.71. The fourth-order valence-electron chi connectivity index (χ4n) is 2.99. The van der Waals surface area contributed by atoms with Gasteiger partial charge in [0, 0.05) is 13.5 Å². The SMILES string of the molecule is COc1ccc(S(=O)(=O)CCCC(=O)N=c2sc3c(Cl)ccc(C)c3n2C)cc1. The lowest BCUT2D eigenvalue weighted by atomic mass is 10.2. The maximum atomic E-state index is 12.4. The molecule has 6 nitrogen and oxygen atoms in total. The van der Waals surface area contributed by atoms with Crippen LogP contribution in [0.4, 0.5) is 0 Å². The highest BCUT2D eigenvalue weighted by atomic mass is 35.5. The number of thiazole rings is 1. The molecule has 2 aromatic carbocycles. The molecule has 3 rings (SSSR count). The first-order chi connectivity index (χ1) is 13.7. The van der Waals surface area contributed by atoms with Crippen molar-refractivity contribution in [1.29, 1.82) is 0 Å². The van der Waals surface area contributed by atoms with Crippen molar-refractivity contribution in [2.45, 2.75) is 24.7 Å². The Hall–Kier alpha value is -2.16. The first kappa shape index (κ1) is 21.5. The van der Waals surface area contributed by atoms with Crippen LogP contribution in [0.15, 0.2) is 46.3 Å². The van der Waals surface area contributed by atoms with Gasteiger partial charge in [0.05, 0.1) is 33.0 Å². The van der Waals surface area contributed by atoms with Crippen LogP contribution >= 0.6 is 22.9 Å². The molecule has 29 heavy (non-hydrogen) atoms. The van der Waals surface area contributed by atoms with Crippen LogP contribution < -0.4 is 9.54 Å². The number of halogens is 1. The number of amides is 1. The van der Waals surface area contributed by atoms with Crippen molar-refractivity contribution in [2.24, 2.45) is 12.0 Å². The summed E-state index contributed by atoms with van der Waals surface area (Å²) in [6.45, 7) is 1.97. The fraction of sp³-hybridized carbons (Fsp3) is 0.300. The molecule has 0 aliphatic carbocycles. The number of nitrogens with zero attached hydrogens (tertiary/aromatic N) is 2. The Labute approximate surface area is 178 Å². The zero-order valence-corrected chi connectivity index (χ0v) is 18.7. The average molecular weight is 453 g/mol.